The molecule has 26 heavy (non-hydrogen) atoms. The van der Waals surface area contributed by atoms with Gasteiger partial charge in [-0.15, -0.1) is 0 Å². The topological polar surface area (TPSA) is 88.1 Å². The minimum absolute atomic E-state index is 0.271. The summed E-state index contributed by atoms with van der Waals surface area (Å²) in [6.07, 6.45) is 4.51. The number of aromatic nitrogens is 2. The molecule has 1 aliphatic carbocycles. The molecule has 1 aliphatic rings. The summed E-state index contributed by atoms with van der Waals surface area (Å²) in [4.78, 5) is 24.8. The fourth-order valence-corrected chi connectivity index (χ4v) is 3.41. The molecule has 3 amide bonds. The third-order valence-corrected chi connectivity index (χ3v) is 4.69. The Bertz CT molecular complexity index is 765. The van der Waals surface area contributed by atoms with Crippen molar-refractivity contribution in [3.05, 3.63) is 47.7 Å². The number of amides is 3. The maximum Gasteiger partial charge on any atom is 0.321 e. The lowest BCUT2D eigenvalue weighted by Crippen LogP contribution is -2.41. The molecule has 1 aromatic heterocycles. The van der Waals surface area contributed by atoms with Gasteiger partial charge in [-0.25, -0.2) is 9.48 Å². The zero-order valence-electron chi connectivity index (χ0n) is 15.2. The molecule has 0 spiro atoms. The molecular formula is C19H25N5O2. The number of anilines is 1. The van der Waals surface area contributed by atoms with E-state index in [2.05, 4.69) is 21.0 Å². The molecule has 1 atom stereocenters. The molecule has 3 rings (SSSR count). The number of carbonyl (C=O) groups is 2. The number of likely N-dealkylation sites (N-methyl/N-ethyl adjacent to an activating group) is 1. The standard InChI is InChI=1S/C19H25N5O2/c1-13-12-16(24(23-13)15-10-6-7-11-15)21-19(26)22-17(18(25)20-2)14-8-4-3-5-9-14/h3-5,8-9,12,15,17H,6-7,10-11H2,1-2H3,(H,20,25)(H2,21,22,26). The second-order valence-corrected chi connectivity index (χ2v) is 6.61. The highest BCUT2D eigenvalue weighted by atomic mass is 16.2. The van der Waals surface area contributed by atoms with E-state index in [-0.39, 0.29) is 5.91 Å². The monoisotopic (exact) mass is 355 g/mol. The predicted molar refractivity (Wildman–Crippen MR) is 99.9 cm³/mol. The smallest absolute Gasteiger partial charge is 0.321 e. The molecule has 0 aliphatic heterocycles. The normalized spacial score (nSPS) is 15.5. The second kappa shape index (κ2) is 8.03. The Morgan fingerprint density at radius 1 is 1.19 bits per heavy atom. The van der Waals surface area contributed by atoms with Crippen LogP contribution in [0.5, 0.6) is 0 Å². The Hall–Kier alpha value is -2.83. The summed E-state index contributed by atoms with van der Waals surface area (Å²) in [6.45, 7) is 1.91. The first-order valence-electron chi connectivity index (χ1n) is 8.98. The maximum absolute atomic E-state index is 12.5. The fraction of sp³-hybridized carbons (Fsp3) is 0.421. The second-order valence-electron chi connectivity index (χ2n) is 6.61. The van der Waals surface area contributed by atoms with Crippen LogP contribution in [0, 0.1) is 6.92 Å². The van der Waals surface area contributed by atoms with E-state index < -0.39 is 12.1 Å². The summed E-state index contributed by atoms with van der Waals surface area (Å²) in [5.41, 5.74) is 1.58. The van der Waals surface area contributed by atoms with Gasteiger partial charge in [0.1, 0.15) is 11.9 Å². The van der Waals surface area contributed by atoms with Crippen LogP contribution in [-0.4, -0.2) is 28.8 Å². The van der Waals surface area contributed by atoms with Crippen molar-refractivity contribution in [2.45, 2.75) is 44.7 Å². The third kappa shape index (κ3) is 4.04. The van der Waals surface area contributed by atoms with E-state index in [0.717, 1.165) is 24.1 Å². The van der Waals surface area contributed by atoms with Crippen molar-refractivity contribution in [1.29, 1.82) is 0 Å². The number of aryl methyl sites for hydroxylation is 1. The lowest BCUT2D eigenvalue weighted by molar-refractivity contribution is -0.122. The Morgan fingerprint density at radius 3 is 2.54 bits per heavy atom. The zero-order chi connectivity index (χ0) is 18.5. The van der Waals surface area contributed by atoms with Crippen LogP contribution < -0.4 is 16.0 Å². The summed E-state index contributed by atoms with van der Waals surface area (Å²) in [5.74, 6) is 0.391. The first-order valence-corrected chi connectivity index (χ1v) is 8.98. The summed E-state index contributed by atoms with van der Waals surface area (Å²) in [6, 6.07) is 10.2. The van der Waals surface area contributed by atoms with Gasteiger partial charge in [-0.05, 0) is 25.3 Å². The van der Waals surface area contributed by atoms with Crippen molar-refractivity contribution in [2.75, 3.05) is 12.4 Å². The molecule has 0 saturated heterocycles. The molecular weight excluding hydrogens is 330 g/mol. The summed E-state index contributed by atoms with van der Waals surface area (Å²) in [7, 11) is 1.55. The quantitative estimate of drug-likeness (QED) is 0.770. The van der Waals surface area contributed by atoms with E-state index in [1.165, 1.54) is 12.8 Å². The van der Waals surface area contributed by atoms with E-state index >= 15 is 0 Å². The van der Waals surface area contributed by atoms with Gasteiger partial charge in [0.15, 0.2) is 0 Å². The first-order chi connectivity index (χ1) is 12.6. The van der Waals surface area contributed by atoms with E-state index in [1.807, 2.05) is 48.0 Å². The summed E-state index contributed by atoms with van der Waals surface area (Å²) in [5, 5.41) is 12.7. The van der Waals surface area contributed by atoms with Crippen molar-refractivity contribution in [1.82, 2.24) is 20.4 Å². The van der Waals surface area contributed by atoms with Crippen LogP contribution in [0.2, 0.25) is 0 Å². The van der Waals surface area contributed by atoms with E-state index in [0.29, 0.717) is 11.9 Å². The molecule has 1 aromatic carbocycles. The Morgan fingerprint density at radius 2 is 1.88 bits per heavy atom. The van der Waals surface area contributed by atoms with Crippen molar-refractivity contribution >= 4 is 17.8 Å². The third-order valence-electron chi connectivity index (χ3n) is 4.69. The number of nitrogens with one attached hydrogen (secondary N) is 3. The molecule has 1 fully saturated rings. The SMILES string of the molecule is CNC(=O)C(NC(=O)Nc1cc(C)nn1C1CCCC1)c1ccccc1. The van der Waals surface area contributed by atoms with E-state index in [1.54, 1.807) is 7.05 Å². The maximum atomic E-state index is 12.5. The average Bonchev–Trinajstić information content (AvgIpc) is 3.29. The zero-order valence-corrected chi connectivity index (χ0v) is 15.2. The minimum Gasteiger partial charge on any atom is -0.357 e. The van der Waals surface area contributed by atoms with Gasteiger partial charge in [0.05, 0.1) is 11.7 Å². The summed E-state index contributed by atoms with van der Waals surface area (Å²) >= 11 is 0. The molecule has 1 unspecified atom stereocenters. The van der Waals surface area contributed by atoms with Gasteiger partial charge in [-0.1, -0.05) is 43.2 Å². The van der Waals surface area contributed by atoms with Crippen LogP contribution in [-0.2, 0) is 4.79 Å². The largest absolute Gasteiger partial charge is 0.357 e. The van der Waals surface area contributed by atoms with Gasteiger partial charge in [0.25, 0.3) is 0 Å². The Kier molecular flexibility index (Phi) is 5.55. The van der Waals surface area contributed by atoms with Crippen LogP contribution >= 0.6 is 0 Å². The molecule has 0 bridgehead atoms. The van der Waals surface area contributed by atoms with Gasteiger partial charge in [0, 0.05) is 13.1 Å². The van der Waals surface area contributed by atoms with Crippen LogP contribution in [0.4, 0.5) is 10.6 Å². The van der Waals surface area contributed by atoms with Crippen molar-refractivity contribution < 1.29 is 9.59 Å². The van der Waals surface area contributed by atoms with Crippen molar-refractivity contribution in [2.24, 2.45) is 0 Å². The molecule has 1 saturated carbocycles. The number of hydrogen-bond donors (Lipinski definition) is 3. The van der Waals surface area contributed by atoms with Gasteiger partial charge >= 0.3 is 6.03 Å². The molecule has 0 radical (unpaired) electrons. The highest BCUT2D eigenvalue weighted by Crippen LogP contribution is 2.31. The number of urea groups is 1. The molecule has 7 nitrogen and oxygen atoms in total. The van der Waals surface area contributed by atoms with Crippen molar-refractivity contribution in [3.8, 4) is 0 Å². The lowest BCUT2D eigenvalue weighted by Gasteiger charge is -2.19. The highest BCUT2D eigenvalue weighted by molar-refractivity contribution is 5.93. The van der Waals surface area contributed by atoms with Gasteiger partial charge in [-0.3, -0.25) is 10.1 Å². The Balaban J connectivity index is 1.74. The number of benzene rings is 1. The van der Waals surface area contributed by atoms with Crippen LogP contribution in [0.3, 0.4) is 0 Å². The van der Waals surface area contributed by atoms with Crippen LogP contribution in [0.15, 0.2) is 36.4 Å². The van der Waals surface area contributed by atoms with Gasteiger partial charge in [-0.2, -0.15) is 5.10 Å². The molecule has 1 heterocycles. The molecule has 3 N–H and O–H groups in total. The molecule has 2 aromatic rings. The minimum atomic E-state index is -0.759. The Labute approximate surface area is 153 Å². The number of rotatable bonds is 5. The molecule has 7 heteroatoms. The van der Waals surface area contributed by atoms with Gasteiger partial charge in [0.2, 0.25) is 5.91 Å². The number of carbonyl (C=O) groups excluding carboxylic acids is 2. The molecule has 138 valence electrons. The fourth-order valence-electron chi connectivity index (χ4n) is 3.41. The first kappa shape index (κ1) is 18.0. The number of nitrogens with zero attached hydrogens (tertiary/aromatic N) is 2. The highest BCUT2D eigenvalue weighted by Gasteiger charge is 2.24. The average molecular weight is 355 g/mol. The van der Waals surface area contributed by atoms with Crippen LogP contribution in [0.25, 0.3) is 0 Å². The predicted octanol–water partition coefficient (Wildman–Crippen LogP) is 2.92. The van der Waals surface area contributed by atoms with E-state index in [4.69, 9.17) is 0 Å². The van der Waals surface area contributed by atoms with Crippen molar-refractivity contribution in [3.63, 3.8) is 0 Å². The van der Waals surface area contributed by atoms with E-state index in [9.17, 15) is 9.59 Å². The van der Waals surface area contributed by atoms with Gasteiger partial charge < -0.3 is 10.6 Å². The van der Waals surface area contributed by atoms with Crippen LogP contribution in [0.1, 0.15) is 49.0 Å². The number of hydrogen-bond acceptors (Lipinski definition) is 3. The summed E-state index contributed by atoms with van der Waals surface area (Å²) < 4.78 is 1.90. The lowest BCUT2D eigenvalue weighted by atomic mass is 10.1.